The Labute approximate surface area is 135 Å². The Kier molecular flexibility index (Phi) is 5.53. The third-order valence-electron chi connectivity index (χ3n) is 4.39. The van der Waals surface area contributed by atoms with Crippen molar-refractivity contribution in [1.29, 1.82) is 0 Å². The Morgan fingerprint density at radius 2 is 2.05 bits per heavy atom. The number of benzene rings is 1. The Bertz CT molecular complexity index is 511. The molecule has 1 saturated carbocycles. The Morgan fingerprint density at radius 1 is 1.38 bits per heavy atom. The molecule has 0 spiro atoms. The lowest BCUT2D eigenvalue weighted by Gasteiger charge is -2.35. The van der Waals surface area contributed by atoms with E-state index in [1.54, 1.807) is 18.2 Å². The fraction of sp³-hybridized carbons (Fsp3) is 0.562. The first-order valence-corrected chi connectivity index (χ1v) is 8.15. The van der Waals surface area contributed by atoms with Crippen LogP contribution in [0.1, 0.15) is 49.4 Å². The minimum absolute atomic E-state index is 0.248. The van der Waals surface area contributed by atoms with Crippen molar-refractivity contribution in [2.75, 3.05) is 6.54 Å². The molecule has 1 aromatic carbocycles. The molecule has 0 atom stereocenters. The minimum atomic E-state index is -0.799. The highest BCUT2D eigenvalue weighted by Gasteiger charge is 2.33. The average molecular weight is 330 g/mol. The smallest absolute Gasteiger partial charge is 0.252 e. The van der Waals surface area contributed by atoms with Gasteiger partial charge in [0.1, 0.15) is 0 Å². The second-order valence-corrected chi connectivity index (χ2v) is 6.65. The molecule has 0 unspecified atom stereocenters. The van der Waals surface area contributed by atoms with Gasteiger partial charge < -0.3 is 10.4 Å². The molecular weight excluding hydrogens is 309 g/mol. The van der Waals surface area contributed by atoms with Gasteiger partial charge in [0.15, 0.2) is 0 Å². The van der Waals surface area contributed by atoms with Crippen molar-refractivity contribution in [3.63, 3.8) is 0 Å². The average Bonchev–Trinajstić information content (AvgIpc) is 2.49. The van der Waals surface area contributed by atoms with Crippen LogP contribution in [0.5, 0.6) is 0 Å². The maximum Gasteiger partial charge on any atom is 0.252 e. The third-order valence-corrected chi connectivity index (χ3v) is 5.21. The number of hydrogen-bond donors (Lipinski definition) is 2. The van der Waals surface area contributed by atoms with Gasteiger partial charge in [-0.2, -0.15) is 0 Å². The topological polar surface area (TPSA) is 49.3 Å². The van der Waals surface area contributed by atoms with Crippen LogP contribution in [-0.4, -0.2) is 23.2 Å². The molecule has 1 aliphatic rings. The zero-order valence-corrected chi connectivity index (χ0v) is 13.7. The molecule has 1 aromatic rings. The molecule has 1 amide bonds. The fourth-order valence-electron chi connectivity index (χ4n) is 2.82. The van der Waals surface area contributed by atoms with Crippen LogP contribution in [0, 0.1) is 5.92 Å². The largest absolute Gasteiger partial charge is 0.388 e. The summed E-state index contributed by atoms with van der Waals surface area (Å²) in [6, 6.07) is 4.95. The lowest BCUT2D eigenvalue weighted by molar-refractivity contribution is -0.00786. The number of hydrogen-bond acceptors (Lipinski definition) is 2. The Balaban J connectivity index is 1.94. The SMILES string of the molecule is CCC1CCC(O)(CNC(=O)c2cccc(Cl)c2Cl)CC1. The highest BCUT2D eigenvalue weighted by Crippen LogP contribution is 2.33. The molecule has 0 radical (unpaired) electrons. The number of halogens is 2. The van der Waals surface area contributed by atoms with Crippen molar-refractivity contribution < 1.29 is 9.90 Å². The van der Waals surface area contributed by atoms with Gasteiger partial charge in [0, 0.05) is 6.54 Å². The molecule has 5 heteroatoms. The van der Waals surface area contributed by atoms with Gasteiger partial charge in [-0.1, -0.05) is 42.6 Å². The van der Waals surface area contributed by atoms with E-state index in [4.69, 9.17) is 23.2 Å². The molecule has 116 valence electrons. The molecule has 0 aromatic heterocycles. The summed E-state index contributed by atoms with van der Waals surface area (Å²) in [5.74, 6) is 0.400. The van der Waals surface area contributed by atoms with Gasteiger partial charge in [-0.15, -0.1) is 0 Å². The van der Waals surface area contributed by atoms with Gasteiger partial charge in [0.25, 0.3) is 5.91 Å². The molecule has 2 rings (SSSR count). The number of amides is 1. The minimum Gasteiger partial charge on any atom is -0.388 e. The van der Waals surface area contributed by atoms with Crippen LogP contribution in [0.3, 0.4) is 0 Å². The standard InChI is InChI=1S/C16H21Cl2NO2/c1-2-11-6-8-16(21,9-7-11)10-19-15(20)12-4-3-5-13(17)14(12)18/h3-5,11,21H,2,6-10H2,1H3,(H,19,20). The number of aliphatic hydroxyl groups is 1. The maximum absolute atomic E-state index is 12.2. The monoisotopic (exact) mass is 329 g/mol. The summed E-state index contributed by atoms with van der Waals surface area (Å²) in [5.41, 5.74) is -0.457. The molecule has 0 aliphatic heterocycles. The molecule has 0 heterocycles. The van der Waals surface area contributed by atoms with Gasteiger partial charge in [-0.05, 0) is 43.7 Å². The van der Waals surface area contributed by atoms with Crippen molar-refractivity contribution in [3.05, 3.63) is 33.8 Å². The van der Waals surface area contributed by atoms with E-state index in [0.29, 0.717) is 16.5 Å². The Morgan fingerprint density at radius 3 is 2.67 bits per heavy atom. The number of nitrogens with one attached hydrogen (secondary N) is 1. The lowest BCUT2D eigenvalue weighted by atomic mass is 9.78. The van der Waals surface area contributed by atoms with Crippen LogP contribution in [0.2, 0.25) is 10.0 Å². The van der Waals surface area contributed by atoms with E-state index < -0.39 is 5.60 Å². The summed E-state index contributed by atoms with van der Waals surface area (Å²) in [6.07, 6.45) is 4.65. The van der Waals surface area contributed by atoms with Gasteiger partial charge in [0.05, 0.1) is 21.2 Å². The first kappa shape index (κ1) is 16.6. The molecular formula is C16H21Cl2NO2. The van der Waals surface area contributed by atoms with E-state index >= 15 is 0 Å². The molecule has 1 fully saturated rings. The maximum atomic E-state index is 12.2. The number of carbonyl (C=O) groups is 1. The van der Waals surface area contributed by atoms with Crippen molar-refractivity contribution in [2.45, 2.75) is 44.6 Å². The quantitative estimate of drug-likeness (QED) is 0.875. The van der Waals surface area contributed by atoms with Crippen molar-refractivity contribution in [3.8, 4) is 0 Å². The van der Waals surface area contributed by atoms with Crippen molar-refractivity contribution >= 4 is 29.1 Å². The molecule has 3 nitrogen and oxygen atoms in total. The third kappa shape index (κ3) is 4.12. The van der Waals surface area contributed by atoms with Crippen LogP contribution in [-0.2, 0) is 0 Å². The number of rotatable bonds is 4. The summed E-state index contributed by atoms with van der Waals surface area (Å²) >= 11 is 11.9. The zero-order valence-electron chi connectivity index (χ0n) is 12.2. The summed E-state index contributed by atoms with van der Waals surface area (Å²) in [5, 5.41) is 13.9. The van der Waals surface area contributed by atoms with E-state index in [-0.39, 0.29) is 17.5 Å². The van der Waals surface area contributed by atoms with Gasteiger partial charge >= 0.3 is 0 Å². The van der Waals surface area contributed by atoms with Crippen LogP contribution in [0.4, 0.5) is 0 Å². The zero-order chi connectivity index (χ0) is 15.5. The van der Waals surface area contributed by atoms with Gasteiger partial charge in [-0.3, -0.25) is 4.79 Å². The predicted molar refractivity (Wildman–Crippen MR) is 86.0 cm³/mol. The second kappa shape index (κ2) is 6.99. The Hall–Kier alpha value is -0.770. The van der Waals surface area contributed by atoms with E-state index in [9.17, 15) is 9.90 Å². The van der Waals surface area contributed by atoms with E-state index in [0.717, 1.165) is 32.1 Å². The predicted octanol–water partition coefficient (Wildman–Crippen LogP) is 4.05. The molecule has 0 saturated heterocycles. The van der Waals surface area contributed by atoms with Crippen LogP contribution in [0.25, 0.3) is 0 Å². The lowest BCUT2D eigenvalue weighted by Crippen LogP contribution is -2.45. The molecule has 0 bridgehead atoms. The van der Waals surface area contributed by atoms with Crippen LogP contribution >= 0.6 is 23.2 Å². The van der Waals surface area contributed by atoms with E-state index in [2.05, 4.69) is 12.2 Å². The summed E-state index contributed by atoms with van der Waals surface area (Å²) in [6.45, 7) is 2.43. The molecule has 1 aliphatic carbocycles. The highest BCUT2D eigenvalue weighted by molar-refractivity contribution is 6.43. The summed E-state index contributed by atoms with van der Waals surface area (Å²) in [7, 11) is 0. The van der Waals surface area contributed by atoms with E-state index in [1.165, 1.54) is 0 Å². The van der Waals surface area contributed by atoms with Gasteiger partial charge in [-0.25, -0.2) is 0 Å². The molecule has 2 N–H and O–H groups in total. The fourth-order valence-corrected chi connectivity index (χ4v) is 3.21. The van der Waals surface area contributed by atoms with Crippen LogP contribution in [0.15, 0.2) is 18.2 Å². The normalized spacial score (nSPS) is 25.6. The summed E-state index contributed by atoms with van der Waals surface area (Å²) in [4.78, 5) is 12.2. The van der Waals surface area contributed by atoms with E-state index in [1.807, 2.05) is 0 Å². The van der Waals surface area contributed by atoms with Gasteiger partial charge in [0.2, 0.25) is 0 Å². The van der Waals surface area contributed by atoms with Crippen molar-refractivity contribution in [1.82, 2.24) is 5.32 Å². The van der Waals surface area contributed by atoms with Crippen molar-refractivity contribution in [2.24, 2.45) is 5.92 Å². The second-order valence-electron chi connectivity index (χ2n) is 5.86. The molecule has 21 heavy (non-hydrogen) atoms. The first-order valence-electron chi connectivity index (χ1n) is 7.40. The highest BCUT2D eigenvalue weighted by atomic mass is 35.5. The first-order chi connectivity index (χ1) is 9.95. The van der Waals surface area contributed by atoms with Crippen LogP contribution < -0.4 is 5.32 Å². The number of carbonyl (C=O) groups excluding carboxylic acids is 1. The summed E-state index contributed by atoms with van der Waals surface area (Å²) < 4.78 is 0.